The summed E-state index contributed by atoms with van der Waals surface area (Å²) in [5.74, 6) is -7.82. The van der Waals surface area contributed by atoms with Crippen molar-refractivity contribution in [1.82, 2.24) is 15.1 Å². The van der Waals surface area contributed by atoms with Crippen LogP contribution in [0.1, 0.15) is 44.4 Å². The summed E-state index contributed by atoms with van der Waals surface area (Å²) in [6, 6.07) is 0. The second kappa shape index (κ2) is 12.3. The average Bonchev–Trinajstić information content (AvgIpc) is 3.03. The van der Waals surface area contributed by atoms with Crippen LogP contribution in [-0.4, -0.2) is 27.6 Å². The molecular weight excluding hydrogens is 430 g/mol. The normalized spacial score (nSPS) is 10.4. The van der Waals surface area contributed by atoms with Gasteiger partial charge < -0.3 is 15.2 Å². The number of halogens is 5. The predicted octanol–water partition coefficient (Wildman–Crippen LogP) is 5.22. The first-order valence-electron chi connectivity index (χ1n) is 9.26. The summed E-state index contributed by atoms with van der Waals surface area (Å²) in [5.41, 5.74) is -0.0625. The number of ether oxygens (including phenoxy) is 1. The highest BCUT2D eigenvalue weighted by Crippen LogP contribution is 2.30. The molecule has 2 aromatic rings. The van der Waals surface area contributed by atoms with Gasteiger partial charge in [-0.2, -0.15) is 13.9 Å². The van der Waals surface area contributed by atoms with E-state index in [-0.39, 0.29) is 6.61 Å². The molecule has 6 nitrogen and oxygen atoms in total. The number of hydrogen-bond acceptors (Lipinski definition) is 3. The average molecular weight is 454 g/mol. The van der Waals surface area contributed by atoms with E-state index in [1.807, 2.05) is 20.9 Å². The molecule has 0 aliphatic carbocycles. The lowest BCUT2D eigenvalue weighted by atomic mass is 10.1. The van der Waals surface area contributed by atoms with Crippen LogP contribution in [0, 0.1) is 23.3 Å². The van der Waals surface area contributed by atoms with E-state index < -0.39 is 47.2 Å². The second-order valence-corrected chi connectivity index (χ2v) is 6.64. The van der Waals surface area contributed by atoms with Crippen molar-refractivity contribution in [2.45, 2.75) is 46.1 Å². The van der Waals surface area contributed by atoms with Crippen molar-refractivity contribution in [2.24, 2.45) is 7.05 Å². The van der Waals surface area contributed by atoms with Crippen molar-refractivity contribution in [3.05, 3.63) is 45.7 Å². The molecule has 11 heteroatoms. The maximum atomic E-state index is 13.7. The fourth-order valence-electron chi connectivity index (χ4n) is 2.37. The Morgan fingerprint density at radius 1 is 1.17 bits per heavy atom. The zero-order valence-electron chi connectivity index (χ0n) is 16.9. The lowest BCUT2D eigenvalue weighted by Gasteiger charge is -2.13. The zero-order valence-corrected chi connectivity index (χ0v) is 17.6. The lowest BCUT2D eigenvalue weighted by Crippen LogP contribution is -2.22. The molecule has 1 aromatic heterocycles. The van der Waals surface area contributed by atoms with Gasteiger partial charge in [-0.15, -0.1) is 0 Å². The van der Waals surface area contributed by atoms with Gasteiger partial charge in [0.25, 0.3) is 0 Å². The van der Waals surface area contributed by atoms with Gasteiger partial charge in [0.2, 0.25) is 11.6 Å². The van der Waals surface area contributed by atoms with Gasteiger partial charge in [0.15, 0.2) is 17.4 Å². The Kier molecular flexibility index (Phi) is 10.4. The fraction of sp³-hybridized carbons (Fsp3) is 0.474. The van der Waals surface area contributed by atoms with Gasteiger partial charge in [-0.25, -0.2) is 13.6 Å². The van der Waals surface area contributed by atoms with Crippen LogP contribution < -0.4 is 10.1 Å². The molecule has 0 fully saturated rings. The maximum absolute atomic E-state index is 13.7. The molecule has 0 saturated heterocycles. The number of unbranched alkanes of at least 4 members (excludes halogenated alkanes) is 2. The minimum atomic E-state index is -1.67. The number of carboxylic acid groups (broad SMARTS) is 1. The Hall–Kier alpha value is -2.49. The Bertz CT molecular complexity index is 833. The fourth-order valence-corrected chi connectivity index (χ4v) is 2.69. The summed E-state index contributed by atoms with van der Waals surface area (Å²) in [6.07, 6.45) is 3.21. The standard InChI is InChI=1S/C13H15F4NO3.C6H9ClN2/c1-2-3-4-5-21-12-10(16)8(14)7(6-18-13(19)20)9(15)11(12)17;1-3-6-5(7)4-9(2)8-6/h18H,2-6H2,1H3,(H,19,20);4H,3H2,1-2H3. The Morgan fingerprint density at radius 3 is 2.17 bits per heavy atom. The number of aryl methyl sites for hydroxylation is 2. The van der Waals surface area contributed by atoms with Crippen LogP contribution in [-0.2, 0) is 20.0 Å². The van der Waals surface area contributed by atoms with Gasteiger partial charge in [-0.1, -0.05) is 38.3 Å². The largest absolute Gasteiger partial charge is 0.487 e. The van der Waals surface area contributed by atoms with E-state index in [2.05, 4.69) is 5.10 Å². The summed E-state index contributed by atoms with van der Waals surface area (Å²) in [4.78, 5) is 10.3. The van der Waals surface area contributed by atoms with Crippen molar-refractivity contribution in [3.8, 4) is 5.75 Å². The highest BCUT2D eigenvalue weighted by molar-refractivity contribution is 6.31. The van der Waals surface area contributed by atoms with E-state index in [1.54, 1.807) is 16.2 Å². The monoisotopic (exact) mass is 453 g/mol. The quantitative estimate of drug-likeness (QED) is 0.326. The molecule has 0 radical (unpaired) electrons. The molecular formula is C19H24ClF4N3O3. The topological polar surface area (TPSA) is 76.4 Å². The van der Waals surface area contributed by atoms with E-state index in [0.717, 1.165) is 30.0 Å². The minimum Gasteiger partial charge on any atom is -0.487 e. The summed E-state index contributed by atoms with van der Waals surface area (Å²) in [6.45, 7) is 2.98. The lowest BCUT2D eigenvalue weighted by molar-refractivity contribution is 0.193. The molecule has 0 aliphatic heterocycles. The van der Waals surface area contributed by atoms with Crippen molar-refractivity contribution in [2.75, 3.05) is 6.61 Å². The molecule has 0 bridgehead atoms. The first-order chi connectivity index (χ1) is 14.1. The second-order valence-electron chi connectivity index (χ2n) is 6.23. The molecule has 1 aromatic carbocycles. The maximum Gasteiger partial charge on any atom is 0.404 e. The number of nitrogens with one attached hydrogen (secondary N) is 1. The van der Waals surface area contributed by atoms with Crippen LogP contribution >= 0.6 is 11.6 Å². The number of nitrogens with zero attached hydrogens (tertiary/aromatic N) is 2. The predicted molar refractivity (Wildman–Crippen MR) is 104 cm³/mol. The zero-order chi connectivity index (χ0) is 22.8. The van der Waals surface area contributed by atoms with E-state index >= 15 is 0 Å². The van der Waals surface area contributed by atoms with Gasteiger partial charge in [0.05, 0.1) is 23.9 Å². The van der Waals surface area contributed by atoms with E-state index in [4.69, 9.17) is 21.4 Å². The third-order valence-corrected chi connectivity index (χ3v) is 4.23. The number of aromatic nitrogens is 2. The smallest absolute Gasteiger partial charge is 0.404 e. The molecule has 168 valence electrons. The molecule has 1 heterocycles. The molecule has 0 spiro atoms. The Labute approximate surface area is 176 Å². The van der Waals surface area contributed by atoms with Gasteiger partial charge in [-0.05, 0) is 12.8 Å². The Morgan fingerprint density at radius 2 is 1.77 bits per heavy atom. The van der Waals surface area contributed by atoms with Crippen LogP contribution in [0.2, 0.25) is 5.02 Å². The highest BCUT2D eigenvalue weighted by Gasteiger charge is 2.26. The Balaban J connectivity index is 0.000000414. The molecule has 0 saturated carbocycles. The molecule has 1 amide bonds. The summed E-state index contributed by atoms with van der Waals surface area (Å²) in [5, 5.41) is 14.9. The van der Waals surface area contributed by atoms with Gasteiger partial charge in [0, 0.05) is 18.8 Å². The van der Waals surface area contributed by atoms with Crippen LogP contribution in [0.3, 0.4) is 0 Å². The highest BCUT2D eigenvalue weighted by atomic mass is 35.5. The number of hydrogen-bond donors (Lipinski definition) is 2. The van der Waals surface area contributed by atoms with E-state index in [1.165, 1.54) is 0 Å². The van der Waals surface area contributed by atoms with Crippen molar-refractivity contribution < 1.29 is 32.2 Å². The third-order valence-electron chi connectivity index (χ3n) is 3.91. The van der Waals surface area contributed by atoms with Crippen molar-refractivity contribution >= 4 is 17.7 Å². The van der Waals surface area contributed by atoms with Crippen molar-refractivity contribution in [1.29, 1.82) is 0 Å². The van der Waals surface area contributed by atoms with Gasteiger partial charge in [-0.3, -0.25) is 4.68 Å². The van der Waals surface area contributed by atoms with Crippen LogP contribution in [0.5, 0.6) is 5.75 Å². The minimum absolute atomic E-state index is 0.0761. The molecule has 0 unspecified atom stereocenters. The first-order valence-corrected chi connectivity index (χ1v) is 9.64. The van der Waals surface area contributed by atoms with Crippen LogP contribution in [0.15, 0.2) is 6.20 Å². The number of benzene rings is 1. The van der Waals surface area contributed by atoms with Gasteiger partial charge in [0.1, 0.15) is 0 Å². The van der Waals surface area contributed by atoms with Crippen LogP contribution in [0.4, 0.5) is 22.4 Å². The molecule has 2 rings (SSSR count). The number of carbonyl (C=O) groups is 1. The molecule has 2 N–H and O–H groups in total. The van der Waals surface area contributed by atoms with Gasteiger partial charge >= 0.3 is 6.09 Å². The van der Waals surface area contributed by atoms with E-state index in [9.17, 15) is 22.4 Å². The summed E-state index contributed by atoms with van der Waals surface area (Å²) >= 11 is 5.76. The van der Waals surface area contributed by atoms with E-state index in [0.29, 0.717) is 6.42 Å². The summed E-state index contributed by atoms with van der Waals surface area (Å²) < 4.78 is 61.0. The first kappa shape index (κ1) is 25.5. The number of amides is 1. The third kappa shape index (κ3) is 7.08. The SMILES string of the molecule is CCCCCOc1c(F)c(F)c(CNC(=O)O)c(F)c1F.CCc1nn(C)cc1Cl. The molecule has 30 heavy (non-hydrogen) atoms. The summed E-state index contributed by atoms with van der Waals surface area (Å²) in [7, 11) is 1.87. The van der Waals surface area contributed by atoms with Crippen LogP contribution in [0.25, 0.3) is 0 Å². The number of rotatable bonds is 8. The molecule has 0 aliphatic rings. The molecule has 0 atom stereocenters. The van der Waals surface area contributed by atoms with Crippen molar-refractivity contribution in [3.63, 3.8) is 0 Å².